The first-order chi connectivity index (χ1) is 9.97. The standard InChI is InChI=1S/C9H12BrClN.C4BN4/c1-9(7-10,8-11)12-5-3-2-4-6-12;6-1-5(2-7,3-8)4-9/h2-6H,7-8H2,1H3;/q+1;-1. The lowest BCUT2D eigenvalue weighted by Crippen LogP contribution is -2.56. The van der Waals surface area contributed by atoms with Gasteiger partial charge in [0.25, 0.3) is 0 Å². The number of nitrogens with zero attached hydrogens (tertiary/aromatic N) is 5. The quantitative estimate of drug-likeness (QED) is 0.465. The molecule has 8 heteroatoms. The molecular weight excluding hydrogens is 352 g/mol. The average Bonchev–Trinajstić information content (AvgIpc) is 2.58. The van der Waals surface area contributed by atoms with E-state index in [4.69, 9.17) is 32.6 Å². The molecule has 0 aliphatic heterocycles. The van der Waals surface area contributed by atoms with Crippen molar-refractivity contribution in [2.24, 2.45) is 0 Å². The summed E-state index contributed by atoms with van der Waals surface area (Å²) >= 11 is 9.36. The molecule has 0 saturated carbocycles. The Hall–Kier alpha value is -2.06. The minimum atomic E-state index is -2.72. The number of nitriles is 4. The summed E-state index contributed by atoms with van der Waals surface area (Å²) in [7, 11) is 0. The second-order valence-electron chi connectivity index (χ2n) is 4.43. The lowest BCUT2D eigenvalue weighted by atomic mass is 9.30. The van der Waals surface area contributed by atoms with Crippen LogP contribution >= 0.6 is 27.5 Å². The van der Waals surface area contributed by atoms with Crippen molar-refractivity contribution >= 4 is 33.7 Å². The van der Waals surface area contributed by atoms with E-state index in [0.717, 1.165) is 5.33 Å². The average molecular weight is 364 g/mol. The van der Waals surface area contributed by atoms with Gasteiger partial charge >= 0.3 is 6.15 Å². The van der Waals surface area contributed by atoms with Crippen molar-refractivity contribution in [1.82, 2.24) is 0 Å². The van der Waals surface area contributed by atoms with Crippen LogP contribution in [0.15, 0.2) is 30.6 Å². The molecule has 1 heterocycles. The van der Waals surface area contributed by atoms with Crippen LogP contribution in [0, 0.1) is 44.9 Å². The summed E-state index contributed by atoms with van der Waals surface area (Å²) in [6.45, 7) is 2.12. The van der Waals surface area contributed by atoms with E-state index in [1.807, 2.05) is 30.6 Å². The Bertz CT molecular complexity index is 558. The van der Waals surface area contributed by atoms with E-state index in [9.17, 15) is 0 Å². The smallest absolute Gasteiger partial charge is 0.245 e. The largest absolute Gasteiger partial charge is 0.383 e. The normalized spacial score (nSPS) is 12.1. The van der Waals surface area contributed by atoms with E-state index in [2.05, 4.69) is 27.4 Å². The summed E-state index contributed by atoms with van der Waals surface area (Å²) in [5.74, 6) is 5.98. The van der Waals surface area contributed by atoms with Crippen molar-refractivity contribution in [1.29, 1.82) is 21.0 Å². The fourth-order valence-corrected chi connectivity index (χ4v) is 2.05. The molecule has 0 N–H and O–H groups in total. The molecule has 1 unspecified atom stereocenters. The first-order valence-electron chi connectivity index (χ1n) is 5.86. The van der Waals surface area contributed by atoms with Gasteiger partial charge in [-0.15, -0.1) is 35.5 Å². The van der Waals surface area contributed by atoms with E-state index in [0.29, 0.717) is 5.88 Å². The molecule has 0 radical (unpaired) electrons. The highest BCUT2D eigenvalue weighted by atomic mass is 79.9. The zero-order valence-corrected chi connectivity index (χ0v) is 13.7. The maximum absolute atomic E-state index is 8.09. The first kappa shape index (κ1) is 18.9. The van der Waals surface area contributed by atoms with Crippen molar-refractivity contribution in [3.05, 3.63) is 30.6 Å². The Morgan fingerprint density at radius 3 is 1.71 bits per heavy atom. The van der Waals surface area contributed by atoms with Gasteiger partial charge in [-0.05, 0) is 0 Å². The maximum atomic E-state index is 8.09. The fraction of sp³-hybridized carbons (Fsp3) is 0.308. The Morgan fingerprint density at radius 2 is 1.48 bits per heavy atom. The van der Waals surface area contributed by atoms with Gasteiger partial charge in [0.2, 0.25) is 0 Å². The molecule has 0 bridgehead atoms. The molecular formula is C13H12BBrClN5. The second-order valence-corrected chi connectivity index (χ2v) is 5.26. The molecule has 21 heavy (non-hydrogen) atoms. The number of alkyl halides is 2. The molecule has 1 aromatic rings. The zero-order chi connectivity index (χ0) is 16.4. The van der Waals surface area contributed by atoms with E-state index in [1.165, 1.54) is 23.9 Å². The summed E-state index contributed by atoms with van der Waals surface area (Å²) in [4.78, 5) is 0. The summed E-state index contributed by atoms with van der Waals surface area (Å²) in [6, 6.07) is 6.01. The Morgan fingerprint density at radius 1 is 1.05 bits per heavy atom. The molecule has 1 atom stereocenters. The number of aromatic nitrogens is 1. The van der Waals surface area contributed by atoms with E-state index >= 15 is 0 Å². The molecule has 0 aromatic carbocycles. The van der Waals surface area contributed by atoms with Crippen LogP contribution in [-0.2, 0) is 5.54 Å². The van der Waals surface area contributed by atoms with Crippen molar-refractivity contribution in [3.8, 4) is 23.9 Å². The van der Waals surface area contributed by atoms with Gasteiger partial charge in [-0.1, -0.05) is 22.0 Å². The first-order valence-corrected chi connectivity index (χ1v) is 7.52. The fourth-order valence-electron chi connectivity index (χ4n) is 1.11. The zero-order valence-electron chi connectivity index (χ0n) is 11.4. The molecule has 1 aromatic heterocycles. The molecule has 5 nitrogen and oxygen atoms in total. The molecule has 0 aliphatic carbocycles. The lowest BCUT2D eigenvalue weighted by Gasteiger charge is -2.18. The topological polar surface area (TPSA) is 99.0 Å². The van der Waals surface area contributed by atoms with Crippen LogP contribution < -0.4 is 4.57 Å². The van der Waals surface area contributed by atoms with Crippen molar-refractivity contribution < 1.29 is 4.57 Å². The van der Waals surface area contributed by atoms with Gasteiger partial charge in [-0.25, -0.2) is 21.0 Å². The number of hydrogen-bond donors (Lipinski definition) is 0. The van der Waals surface area contributed by atoms with Crippen molar-refractivity contribution in [2.45, 2.75) is 12.5 Å². The predicted octanol–water partition coefficient (Wildman–Crippen LogP) is 2.01. The van der Waals surface area contributed by atoms with Crippen LogP contribution in [0.5, 0.6) is 0 Å². The summed E-state index contributed by atoms with van der Waals surface area (Å²) in [5.41, 5.74) is -0.0250. The van der Waals surface area contributed by atoms with Crippen LogP contribution in [0.2, 0.25) is 0 Å². The Kier molecular flexibility index (Phi) is 8.11. The van der Waals surface area contributed by atoms with Crippen molar-refractivity contribution in [2.75, 3.05) is 11.2 Å². The predicted molar refractivity (Wildman–Crippen MR) is 83.0 cm³/mol. The second kappa shape index (κ2) is 8.99. The van der Waals surface area contributed by atoms with E-state index in [-0.39, 0.29) is 5.54 Å². The van der Waals surface area contributed by atoms with Gasteiger partial charge in [0, 0.05) is 19.1 Å². The number of rotatable bonds is 3. The molecule has 0 amide bonds. The van der Waals surface area contributed by atoms with Crippen LogP contribution in [0.4, 0.5) is 0 Å². The third kappa shape index (κ3) is 5.09. The monoisotopic (exact) mass is 363 g/mol. The third-order valence-electron chi connectivity index (χ3n) is 2.69. The maximum Gasteiger partial charge on any atom is 0.383 e. The van der Waals surface area contributed by atoms with Crippen LogP contribution in [-0.4, -0.2) is 17.4 Å². The number of hydrogen-bond acceptors (Lipinski definition) is 4. The minimum Gasteiger partial charge on any atom is -0.245 e. The third-order valence-corrected chi connectivity index (χ3v) is 4.47. The van der Waals surface area contributed by atoms with Crippen LogP contribution in [0.3, 0.4) is 0 Å². The minimum absolute atomic E-state index is 0.0250. The highest BCUT2D eigenvalue weighted by Crippen LogP contribution is 2.12. The van der Waals surface area contributed by atoms with E-state index in [1.54, 1.807) is 0 Å². The van der Waals surface area contributed by atoms with Gasteiger partial charge < -0.3 is 0 Å². The van der Waals surface area contributed by atoms with Gasteiger partial charge in [0.15, 0.2) is 17.9 Å². The van der Waals surface area contributed by atoms with Gasteiger partial charge in [-0.2, -0.15) is 4.57 Å². The molecule has 0 spiro atoms. The van der Waals surface area contributed by atoms with E-state index < -0.39 is 6.15 Å². The Balaban J connectivity index is 0.000000400. The van der Waals surface area contributed by atoms with Crippen molar-refractivity contribution in [3.63, 3.8) is 0 Å². The lowest BCUT2D eigenvalue weighted by molar-refractivity contribution is -0.751. The van der Waals surface area contributed by atoms with Crippen LogP contribution in [0.1, 0.15) is 6.92 Å². The number of halogens is 2. The molecule has 0 fully saturated rings. The summed E-state index contributed by atoms with van der Waals surface area (Å²) in [6.07, 6.45) is 1.34. The molecule has 1 rings (SSSR count). The highest BCUT2D eigenvalue weighted by Gasteiger charge is 2.31. The van der Waals surface area contributed by atoms with Gasteiger partial charge in [0.05, 0.1) is 11.2 Å². The summed E-state index contributed by atoms with van der Waals surface area (Å²) in [5, 5.41) is 33.2. The van der Waals surface area contributed by atoms with Gasteiger partial charge in [0.1, 0.15) is 0 Å². The van der Waals surface area contributed by atoms with Crippen LogP contribution in [0.25, 0.3) is 0 Å². The SMILES string of the molecule is CC(CCl)(CBr)[n+]1ccccc1.N#C[B-](C#N)(C#N)C#N. The molecule has 0 aliphatic rings. The molecule has 106 valence electrons. The molecule has 0 saturated heterocycles. The Labute approximate surface area is 137 Å². The van der Waals surface area contributed by atoms with Gasteiger partial charge in [-0.3, -0.25) is 0 Å². The highest BCUT2D eigenvalue weighted by molar-refractivity contribution is 9.09. The number of pyridine rings is 1. The summed E-state index contributed by atoms with van der Waals surface area (Å²) < 4.78 is 2.12.